The minimum atomic E-state index is -0.108. The molecule has 0 aliphatic carbocycles. The Labute approximate surface area is 155 Å². The summed E-state index contributed by atoms with van der Waals surface area (Å²) in [4.78, 5) is 15.9. The van der Waals surface area contributed by atoms with Crippen LogP contribution in [0.2, 0.25) is 5.02 Å². The van der Waals surface area contributed by atoms with Gasteiger partial charge in [-0.05, 0) is 36.1 Å². The number of rotatable bonds is 3. The lowest BCUT2D eigenvalue weighted by Gasteiger charge is -2.21. The summed E-state index contributed by atoms with van der Waals surface area (Å²) in [5.74, 6) is 1.54. The Kier molecular flexibility index (Phi) is 5.92. The van der Waals surface area contributed by atoms with Crippen molar-refractivity contribution in [1.29, 1.82) is 0 Å². The first-order chi connectivity index (χ1) is 11.7. The van der Waals surface area contributed by atoms with Gasteiger partial charge in [0.05, 0.1) is 12.8 Å². The quantitative estimate of drug-likeness (QED) is 0.800. The number of hydrogen-bond acceptors (Lipinski definition) is 4. The molecule has 1 saturated heterocycles. The summed E-state index contributed by atoms with van der Waals surface area (Å²) >= 11 is 9.73. The Morgan fingerprint density at radius 1 is 1.38 bits per heavy atom. The summed E-state index contributed by atoms with van der Waals surface area (Å²) in [6.07, 6.45) is 0.964. The van der Waals surface area contributed by atoms with Crippen LogP contribution in [-0.4, -0.2) is 36.9 Å². The molecule has 0 bridgehead atoms. The smallest absolute Gasteiger partial charge is 0.321 e. The molecule has 1 aliphatic rings. The van der Waals surface area contributed by atoms with E-state index >= 15 is 0 Å². The molecule has 1 atom stereocenters. The lowest BCUT2D eigenvalue weighted by atomic mass is 10.2. The van der Waals surface area contributed by atoms with Gasteiger partial charge in [0.2, 0.25) is 0 Å². The van der Waals surface area contributed by atoms with Gasteiger partial charge in [-0.15, -0.1) is 11.3 Å². The first-order valence-electron chi connectivity index (χ1n) is 7.72. The third-order valence-electron chi connectivity index (χ3n) is 3.89. The van der Waals surface area contributed by atoms with Gasteiger partial charge in [-0.2, -0.15) is 11.8 Å². The van der Waals surface area contributed by atoms with Crippen molar-refractivity contribution in [2.75, 3.05) is 31.3 Å². The van der Waals surface area contributed by atoms with Crippen molar-refractivity contribution in [1.82, 2.24) is 4.90 Å². The van der Waals surface area contributed by atoms with Crippen LogP contribution in [0.25, 0.3) is 0 Å². The number of thioether (sulfide) groups is 1. The van der Waals surface area contributed by atoms with Crippen molar-refractivity contribution < 1.29 is 9.53 Å². The number of hydrogen-bond donors (Lipinski definition) is 1. The van der Waals surface area contributed by atoms with E-state index in [2.05, 4.69) is 22.8 Å². The number of thiophene rings is 1. The van der Waals surface area contributed by atoms with Crippen molar-refractivity contribution in [3.05, 3.63) is 45.6 Å². The van der Waals surface area contributed by atoms with E-state index in [0.717, 1.165) is 25.3 Å². The number of amides is 2. The van der Waals surface area contributed by atoms with Crippen LogP contribution in [0.4, 0.5) is 10.5 Å². The monoisotopic (exact) mass is 382 g/mol. The fourth-order valence-electron chi connectivity index (χ4n) is 2.65. The molecular weight excluding hydrogens is 364 g/mol. The third kappa shape index (κ3) is 4.18. The molecule has 1 aromatic carbocycles. The van der Waals surface area contributed by atoms with Crippen LogP contribution in [-0.2, 0) is 0 Å². The molecule has 7 heteroatoms. The fourth-order valence-corrected chi connectivity index (χ4v) is 5.06. The first-order valence-corrected chi connectivity index (χ1v) is 10.0. The van der Waals surface area contributed by atoms with Crippen LogP contribution in [0.15, 0.2) is 35.7 Å². The average Bonchev–Trinajstić information content (AvgIpc) is 2.99. The highest BCUT2D eigenvalue weighted by Crippen LogP contribution is 2.37. The largest absolute Gasteiger partial charge is 0.495 e. The molecule has 2 aromatic rings. The molecule has 4 nitrogen and oxygen atoms in total. The number of carbonyl (C=O) groups excluding carboxylic acids is 1. The molecule has 2 heterocycles. The normalized spacial score (nSPS) is 18.1. The van der Waals surface area contributed by atoms with Crippen molar-refractivity contribution in [2.24, 2.45) is 0 Å². The number of ether oxygens (including phenoxy) is 1. The van der Waals surface area contributed by atoms with E-state index < -0.39 is 0 Å². The molecule has 1 N–H and O–H groups in total. The summed E-state index contributed by atoms with van der Waals surface area (Å²) in [7, 11) is 1.58. The van der Waals surface area contributed by atoms with E-state index in [9.17, 15) is 4.79 Å². The molecule has 3 rings (SSSR count). The SMILES string of the molecule is COc1ccc(Cl)cc1NC(=O)N1CCSC(c2cccs2)CC1. The highest BCUT2D eigenvalue weighted by molar-refractivity contribution is 7.99. The molecule has 2 amide bonds. The van der Waals surface area contributed by atoms with E-state index in [1.807, 2.05) is 16.7 Å². The van der Waals surface area contributed by atoms with Gasteiger partial charge in [-0.25, -0.2) is 4.79 Å². The van der Waals surface area contributed by atoms with Crippen LogP contribution in [0.1, 0.15) is 16.5 Å². The van der Waals surface area contributed by atoms with Gasteiger partial charge >= 0.3 is 6.03 Å². The molecule has 128 valence electrons. The summed E-state index contributed by atoms with van der Waals surface area (Å²) in [5, 5.41) is 6.07. The van der Waals surface area contributed by atoms with Gasteiger partial charge in [-0.1, -0.05) is 17.7 Å². The lowest BCUT2D eigenvalue weighted by molar-refractivity contribution is 0.215. The average molecular weight is 383 g/mol. The molecule has 0 spiro atoms. The topological polar surface area (TPSA) is 41.6 Å². The van der Waals surface area contributed by atoms with Crippen molar-refractivity contribution in [3.8, 4) is 5.75 Å². The van der Waals surface area contributed by atoms with Crippen molar-refractivity contribution in [3.63, 3.8) is 0 Å². The highest BCUT2D eigenvalue weighted by Gasteiger charge is 2.23. The second-order valence-electron chi connectivity index (χ2n) is 5.43. The van der Waals surface area contributed by atoms with Gasteiger partial charge in [0.25, 0.3) is 0 Å². The van der Waals surface area contributed by atoms with Crippen LogP contribution >= 0.6 is 34.7 Å². The Bertz CT molecular complexity index is 694. The maximum absolute atomic E-state index is 12.6. The number of benzene rings is 1. The number of nitrogens with one attached hydrogen (secondary N) is 1. The fraction of sp³-hybridized carbons (Fsp3) is 0.353. The van der Waals surface area contributed by atoms with E-state index in [-0.39, 0.29) is 6.03 Å². The molecule has 1 fully saturated rings. The standard InChI is InChI=1S/C17H19ClN2O2S2/c1-22-14-5-4-12(18)11-13(14)19-17(21)20-7-6-16(24-10-8-20)15-3-2-9-23-15/h2-5,9,11,16H,6-8,10H2,1H3,(H,19,21). The molecule has 1 aromatic heterocycles. The van der Waals surface area contributed by atoms with Gasteiger partial charge < -0.3 is 15.0 Å². The first kappa shape index (κ1) is 17.5. The zero-order chi connectivity index (χ0) is 16.9. The zero-order valence-electron chi connectivity index (χ0n) is 13.3. The molecule has 24 heavy (non-hydrogen) atoms. The van der Waals surface area contributed by atoms with Crippen LogP contribution in [0, 0.1) is 0 Å². The van der Waals surface area contributed by atoms with Crippen LogP contribution in [0.5, 0.6) is 5.75 Å². The van der Waals surface area contributed by atoms with E-state index in [4.69, 9.17) is 16.3 Å². The Morgan fingerprint density at radius 2 is 2.25 bits per heavy atom. The summed E-state index contributed by atoms with van der Waals surface area (Å²) < 4.78 is 5.28. The Hall–Kier alpha value is -1.37. The number of urea groups is 1. The number of anilines is 1. The number of methoxy groups -OCH3 is 1. The molecule has 0 radical (unpaired) electrons. The third-order valence-corrected chi connectivity index (χ3v) is 6.57. The summed E-state index contributed by atoms with van der Waals surface area (Å²) in [6.45, 7) is 1.48. The minimum absolute atomic E-state index is 0.108. The zero-order valence-corrected chi connectivity index (χ0v) is 15.7. The van der Waals surface area contributed by atoms with E-state index in [1.165, 1.54) is 4.88 Å². The van der Waals surface area contributed by atoms with Crippen LogP contribution in [0.3, 0.4) is 0 Å². The molecule has 0 saturated carbocycles. The lowest BCUT2D eigenvalue weighted by Crippen LogP contribution is -2.36. The maximum Gasteiger partial charge on any atom is 0.321 e. The number of nitrogens with zero attached hydrogens (tertiary/aromatic N) is 1. The molecule has 1 unspecified atom stereocenters. The predicted octanol–water partition coefficient (Wildman–Crippen LogP) is 5.12. The summed E-state index contributed by atoms with van der Waals surface area (Å²) in [5.41, 5.74) is 0.599. The van der Waals surface area contributed by atoms with Gasteiger partial charge in [0.15, 0.2) is 0 Å². The van der Waals surface area contributed by atoms with Gasteiger partial charge in [-0.3, -0.25) is 0 Å². The number of carbonyl (C=O) groups is 1. The Balaban J connectivity index is 1.64. The second kappa shape index (κ2) is 8.14. The molecular formula is C17H19ClN2O2S2. The van der Waals surface area contributed by atoms with Crippen LogP contribution < -0.4 is 10.1 Å². The summed E-state index contributed by atoms with van der Waals surface area (Å²) in [6, 6.07) is 9.35. The van der Waals surface area contributed by atoms with E-state index in [0.29, 0.717) is 21.7 Å². The Morgan fingerprint density at radius 3 is 3.00 bits per heavy atom. The van der Waals surface area contributed by atoms with Gasteiger partial charge in [0, 0.05) is 34.0 Å². The van der Waals surface area contributed by atoms with Gasteiger partial charge in [0.1, 0.15) is 5.75 Å². The minimum Gasteiger partial charge on any atom is -0.495 e. The molecule has 1 aliphatic heterocycles. The van der Waals surface area contributed by atoms with Crippen molar-refractivity contribution in [2.45, 2.75) is 11.7 Å². The van der Waals surface area contributed by atoms with E-state index in [1.54, 1.807) is 36.6 Å². The highest BCUT2D eigenvalue weighted by atomic mass is 35.5. The second-order valence-corrected chi connectivity index (χ2v) is 8.15. The van der Waals surface area contributed by atoms with Crippen molar-refractivity contribution >= 4 is 46.4 Å². The maximum atomic E-state index is 12.6. The number of halogens is 1. The predicted molar refractivity (Wildman–Crippen MR) is 103 cm³/mol.